The number of carbonyl (C=O) groups is 2. The highest BCUT2D eigenvalue weighted by molar-refractivity contribution is 8.01. The van der Waals surface area contributed by atoms with Gasteiger partial charge in [-0.25, -0.2) is 4.79 Å². The van der Waals surface area contributed by atoms with E-state index in [1.807, 2.05) is 0 Å². The summed E-state index contributed by atoms with van der Waals surface area (Å²) in [6.07, 6.45) is 1.64. The van der Waals surface area contributed by atoms with Crippen LogP contribution in [0, 0.1) is 0 Å². The summed E-state index contributed by atoms with van der Waals surface area (Å²) in [5, 5.41) is 12.8. The molecule has 7 nitrogen and oxygen atoms in total. The van der Waals surface area contributed by atoms with Gasteiger partial charge in [0, 0.05) is 11.5 Å². The standard InChI is InChI=1S/C10H10N4O3S3/c11-6-8(15)14-7(10(16)17)4(3-19-9(6)14)2-18-5-1-12-13-20-5/h1,6,9H,2-3,11H2,(H,16,17)/t6-,9-/m1/s1. The highest BCUT2D eigenvalue weighted by atomic mass is 32.2. The molecular formula is C10H10N4O3S3. The molecule has 106 valence electrons. The van der Waals surface area contributed by atoms with E-state index in [0.717, 1.165) is 9.78 Å². The molecule has 0 saturated carbocycles. The SMILES string of the molecule is N[C@@H]1C(=O)N2C(C(=O)O)=C(CSc3cnns3)CS[C@H]12. The summed E-state index contributed by atoms with van der Waals surface area (Å²) in [7, 11) is 0. The molecular weight excluding hydrogens is 320 g/mol. The second kappa shape index (κ2) is 5.35. The first-order chi connectivity index (χ1) is 9.59. The number of amides is 1. The van der Waals surface area contributed by atoms with Gasteiger partial charge in [0.05, 0.1) is 6.20 Å². The van der Waals surface area contributed by atoms with E-state index in [0.29, 0.717) is 11.5 Å². The Bertz CT molecular complexity index is 589. The van der Waals surface area contributed by atoms with Gasteiger partial charge in [0.2, 0.25) is 5.91 Å². The average Bonchev–Trinajstić information content (AvgIpc) is 2.96. The highest BCUT2D eigenvalue weighted by Gasteiger charge is 2.51. The van der Waals surface area contributed by atoms with Crippen molar-refractivity contribution in [3.63, 3.8) is 0 Å². The first-order valence-electron chi connectivity index (χ1n) is 5.65. The fourth-order valence-corrected chi connectivity index (χ4v) is 4.93. The van der Waals surface area contributed by atoms with Crippen molar-refractivity contribution >= 4 is 46.9 Å². The first-order valence-corrected chi connectivity index (χ1v) is 8.46. The molecule has 2 aliphatic rings. The summed E-state index contributed by atoms with van der Waals surface area (Å²) in [4.78, 5) is 24.5. The topological polar surface area (TPSA) is 109 Å². The first kappa shape index (κ1) is 13.9. The van der Waals surface area contributed by atoms with Crippen LogP contribution >= 0.6 is 35.1 Å². The third-order valence-electron chi connectivity index (χ3n) is 3.02. The van der Waals surface area contributed by atoms with Gasteiger partial charge in [0.25, 0.3) is 0 Å². The Labute approximate surface area is 126 Å². The molecule has 1 amide bonds. The van der Waals surface area contributed by atoms with E-state index in [2.05, 4.69) is 9.59 Å². The van der Waals surface area contributed by atoms with Crippen LogP contribution in [-0.4, -0.2) is 54.4 Å². The average molecular weight is 330 g/mol. The van der Waals surface area contributed by atoms with Crippen molar-refractivity contribution in [2.24, 2.45) is 5.73 Å². The van der Waals surface area contributed by atoms with Crippen LogP contribution in [0.25, 0.3) is 0 Å². The summed E-state index contributed by atoms with van der Waals surface area (Å²) in [5.74, 6) is -0.317. The fourth-order valence-electron chi connectivity index (χ4n) is 2.07. The summed E-state index contributed by atoms with van der Waals surface area (Å²) < 4.78 is 4.67. The number of hydrogen-bond acceptors (Lipinski definition) is 8. The molecule has 3 heterocycles. The van der Waals surface area contributed by atoms with E-state index >= 15 is 0 Å². The van der Waals surface area contributed by atoms with Gasteiger partial charge in [0.15, 0.2) is 0 Å². The lowest BCUT2D eigenvalue weighted by Gasteiger charge is -2.48. The van der Waals surface area contributed by atoms with Gasteiger partial charge in [0.1, 0.15) is 21.3 Å². The number of aromatic nitrogens is 2. The van der Waals surface area contributed by atoms with E-state index in [-0.39, 0.29) is 17.0 Å². The second-order valence-corrected chi connectivity index (χ2v) is 7.38. The van der Waals surface area contributed by atoms with Crippen LogP contribution in [0.3, 0.4) is 0 Å². The molecule has 0 unspecified atom stereocenters. The molecule has 0 radical (unpaired) electrons. The number of nitrogens with zero attached hydrogens (tertiary/aromatic N) is 3. The summed E-state index contributed by atoms with van der Waals surface area (Å²) in [6.45, 7) is 0. The number of thioether (sulfide) groups is 2. The van der Waals surface area contributed by atoms with Crippen LogP contribution in [0.1, 0.15) is 0 Å². The number of aliphatic carboxylic acids is 1. The lowest BCUT2D eigenvalue weighted by Crippen LogP contribution is -2.68. The maximum absolute atomic E-state index is 11.8. The van der Waals surface area contributed by atoms with Crippen molar-refractivity contribution in [1.29, 1.82) is 0 Å². The van der Waals surface area contributed by atoms with Gasteiger partial charge in [-0.3, -0.25) is 9.69 Å². The smallest absolute Gasteiger partial charge is 0.352 e. The van der Waals surface area contributed by atoms with Gasteiger partial charge < -0.3 is 10.8 Å². The highest BCUT2D eigenvalue weighted by Crippen LogP contribution is 2.40. The summed E-state index contributed by atoms with van der Waals surface area (Å²) in [6, 6.07) is -0.589. The summed E-state index contributed by atoms with van der Waals surface area (Å²) >= 11 is 4.24. The van der Waals surface area contributed by atoms with Crippen LogP contribution in [0.15, 0.2) is 21.7 Å². The zero-order valence-corrected chi connectivity index (χ0v) is 12.5. The molecule has 0 spiro atoms. The van der Waals surface area contributed by atoms with E-state index < -0.39 is 12.0 Å². The molecule has 1 fully saturated rings. The maximum Gasteiger partial charge on any atom is 0.352 e. The minimum absolute atomic E-state index is 0.0884. The van der Waals surface area contributed by atoms with Crippen LogP contribution in [-0.2, 0) is 9.59 Å². The lowest BCUT2D eigenvalue weighted by molar-refractivity contribution is -0.147. The van der Waals surface area contributed by atoms with Gasteiger partial charge >= 0.3 is 5.97 Å². The fraction of sp³-hybridized carbons (Fsp3) is 0.400. The Kier molecular flexibility index (Phi) is 3.71. The van der Waals surface area contributed by atoms with Crippen molar-refractivity contribution in [2.75, 3.05) is 11.5 Å². The van der Waals surface area contributed by atoms with Crippen LogP contribution in [0.2, 0.25) is 0 Å². The third-order valence-corrected chi connectivity index (χ3v) is 6.30. The molecule has 20 heavy (non-hydrogen) atoms. The number of carboxylic acid groups (broad SMARTS) is 1. The Balaban J connectivity index is 1.82. The number of fused-ring (bicyclic) bond motifs is 1. The molecule has 3 N–H and O–H groups in total. The Hall–Kier alpha value is -1.10. The Morgan fingerprint density at radius 1 is 1.65 bits per heavy atom. The zero-order valence-electron chi connectivity index (χ0n) is 10.1. The molecule has 3 rings (SSSR count). The minimum Gasteiger partial charge on any atom is -0.477 e. The van der Waals surface area contributed by atoms with Gasteiger partial charge in [-0.2, -0.15) is 0 Å². The number of carboxylic acids is 1. The normalized spacial score (nSPS) is 25.4. The number of carbonyl (C=O) groups excluding carboxylic acids is 1. The molecule has 1 saturated heterocycles. The molecule has 1 aromatic rings. The molecule has 0 aromatic carbocycles. The number of nitrogens with two attached hydrogens (primary N) is 1. The van der Waals surface area contributed by atoms with Crippen LogP contribution in [0.4, 0.5) is 0 Å². The summed E-state index contributed by atoms with van der Waals surface area (Å²) in [5.41, 5.74) is 6.51. The van der Waals surface area contributed by atoms with Gasteiger partial charge in [-0.15, -0.1) is 28.6 Å². The quantitative estimate of drug-likeness (QED) is 0.596. The monoisotopic (exact) mass is 330 g/mol. The van der Waals surface area contributed by atoms with Gasteiger partial charge in [-0.1, -0.05) is 4.49 Å². The largest absolute Gasteiger partial charge is 0.477 e. The van der Waals surface area contributed by atoms with Crippen molar-refractivity contribution in [2.45, 2.75) is 15.6 Å². The van der Waals surface area contributed by atoms with Crippen LogP contribution in [0.5, 0.6) is 0 Å². The molecule has 2 aliphatic heterocycles. The maximum atomic E-state index is 11.8. The van der Waals surface area contributed by atoms with E-state index in [9.17, 15) is 14.7 Å². The Morgan fingerprint density at radius 3 is 3.10 bits per heavy atom. The van der Waals surface area contributed by atoms with E-state index in [4.69, 9.17) is 5.73 Å². The van der Waals surface area contributed by atoms with Crippen molar-refractivity contribution in [1.82, 2.24) is 14.5 Å². The Morgan fingerprint density at radius 2 is 2.45 bits per heavy atom. The third kappa shape index (κ3) is 2.22. The van der Waals surface area contributed by atoms with Gasteiger partial charge in [-0.05, 0) is 17.1 Å². The molecule has 0 bridgehead atoms. The predicted octanol–water partition coefficient (Wildman–Crippen LogP) is 0.211. The van der Waals surface area contributed by atoms with Crippen molar-refractivity contribution in [3.05, 3.63) is 17.5 Å². The number of β-lactam (4-membered cyclic amide) rings is 1. The molecule has 2 atom stereocenters. The predicted molar refractivity (Wildman–Crippen MR) is 76.4 cm³/mol. The molecule has 0 aliphatic carbocycles. The second-order valence-electron chi connectivity index (χ2n) is 4.22. The number of hydrogen-bond donors (Lipinski definition) is 2. The van der Waals surface area contributed by atoms with Crippen molar-refractivity contribution < 1.29 is 14.7 Å². The molecule has 1 aromatic heterocycles. The van der Waals surface area contributed by atoms with Crippen LogP contribution < -0.4 is 5.73 Å². The van der Waals surface area contributed by atoms with E-state index in [1.54, 1.807) is 6.20 Å². The zero-order chi connectivity index (χ0) is 14.3. The lowest BCUT2D eigenvalue weighted by atomic mass is 10.0. The number of rotatable bonds is 4. The van der Waals surface area contributed by atoms with Crippen molar-refractivity contribution in [3.8, 4) is 0 Å². The van der Waals surface area contributed by atoms with E-state index in [1.165, 1.54) is 40.0 Å². The molecule has 10 heteroatoms. The minimum atomic E-state index is -1.08.